The molecule has 0 radical (unpaired) electrons. The van der Waals surface area contributed by atoms with Crippen LogP contribution >= 0.6 is 0 Å². The van der Waals surface area contributed by atoms with Crippen molar-refractivity contribution < 1.29 is 29.0 Å². The summed E-state index contributed by atoms with van der Waals surface area (Å²) in [6, 6.07) is 14.4. The van der Waals surface area contributed by atoms with E-state index in [9.17, 15) is 19.5 Å². The molecule has 1 saturated heterocycles. The van der Waals surface area contributed by atoms with Gasteiger partial charge in [-0.05, 0) is 42.8 Å². The Bertz CT molecular complexity index is 1030. The number of carboxylic acid groups (broad SMARTS) is 1. The first kappa shape index (κ1) is 23.7. The van der Waals surface area contributed by atoms with E-state index in [4.69, 9.17) is 9.47 Å². The van der Waals surface area contributed by atoms with Crippen LogP contribution in [0.25, 0.3) is 11.1 Å². The van der Waals surface area contributed by atoms with E-state index in [0.29, 0.717) is 6.42 Å². The number of nitrogens with one attached hydrogen (secondary N) is 2. The van der Waals surface area contributed by atoms with Gasteiger partial charge in [0.1, 0.15) is 12.6 Å². The van der Waals surface area contributed by atoms with E-state index in [1.54, 1.807) is 19.0 Å². The third kappa shape index (κ3) is 5.05. The Labute approximate surface area is 198 Å². The molecule has 0 spiro atoms. The number of carboxylic acids is 1. The van der Waals surface area contributed by atoms with Crippen LogP contribution in [-0.4, -0.2) is 80.0 Å². The Hall–Kier alpha value is -3.43. The second kappa shape index (κ2) is 10.2. The lowest BCUT2D eigenvalue weighted by Crippen LogP contribution is -2.54. The van der Waals surface area contributed by atoms with Crippen LogP contribution in [0, 0.1) is 0 Å². The zero-order chi connectivity index (χ0) is 24.2. The quantitative estimate of drug-likeness (QED) is 0.542. The lowest BCUT2D eigenvalue weighted by molar-refractivity contribution is -0.144. The normalized spacial score (nSPS) is 19.9. The number of hydrogen-bond acceptors (Lipinski definition) is 6. The maximum Gasteiger partial charge on any atom is 0.407 e. The Morgan fingerprint density at radius 3 is 2.29 bits per heavy atom. The number of fused-ring (bicyclic) bond motifs is 3. The molecule has 9 heteroatoms. The number of carbonyl (C=O) groups is 3. The standard InChI is InChI=1S/C25H29N3O6/c1-28(2)13-21(24(30)31)26-23(29)22-20(11-12-33-22)27-25(32)34-14-19-17-9-5-3-7-15(17)16-8-4-6-10-18(16)19/h3-10,19-22H,11-14H2,1-2H3,(H,26,29)(H,27,32)(H,30,31)/t20-,21+,22+/m1/s1. The van der Waals surface area contributed by atoms with Crippen LogP contribution in [0.4, 0.5) is 4.79 Å². The summed E-state index contributed by atoms with van der Waals surface area (Å²) in [7, 11) is 3.44. The van der Waals surface area contributed by atoms with Gasteiger partial charge >= 0.3 is 12.1 Å². The molecule has 34 heavy (non-hydrogen) atoms. The maximum absolute atomic E-state index is 12.7. The highest BCUT2D eigenvalue weighted by molar-refractivity contribution is 5.87. The third-order valence-corrected chi connectivity index (χ3v) is 6.16. The molecule has 1 aliphatic carbocycles. The number of benzene rings is 2. The third-order valence-electron chi connectivity index (χ3n) is 6.16. The van der Waals surface area contributed by atoms with Gasteiger partial charge in [0.15, 0.2) is 6.10 Å². The molecule has 2 amide bonds. The van der Waals surface area contributed by atoms with Gasteiger partial charge in [-0.15, -0.1) is 0 Å². The SMILES string of the molecule is CN(C)C[C@H](NC(=O)[C@H]1OCC[C@H]1NC(=O)OCC1c2ccccc2-c2ccccc21)C(=O)O. The van der Waals surface area contributed by atoms with Crippen LogP contribution in [-0.2, 0) is 19.1 Å². The van der Waals surface area contributed by atoms with Gasteiger partial charge in [-0.25, -0.2) is 9.59 Å². The predicted octanol–water partition coefficient (Wildman–Crippen LogP) is 1.81. The zero-order valence-corrected chi connectivity index (χ0v) is 19.2. The number of rotatable bonds is 8. The number of carbonyl (C=O) groups excluding carboxylic acids is 2. The molecule has 0 unspecified atom stereocenters. The summed E-state index contributed by atoms with van der Waals surface area (Å²) in [5.41, 5.74) is 4.50. The fourth-order valence-corrected chi connectivity index (χ4v) is 4.59. The highest BCUT2D eigenvalue weighted by Crippen LogP contribution is 2.44. The molecule has 0 bridgehead atoms. The van der Waals surface area contributed by atoms with Crippen LogP contribution < -0.4 is 10.6 Å². The molecule has 3 atom stereocenters. The van der Waals surface area contributed by atoms with E-state index in [2.05, 4.69) is 22.8 Å². The van der Waals surface area contributed by atoms with E-state index < -0.39 is 36.2 Å². The zero-order valence-electron chi connectivity index (χ0n) is 19.2. The molecule has 2 aliphatic rings. The highest BCUT2D eigenvalue weighted by atomic mass is 16.6. The van der Waals surface area contributed by atoms with Gasteiger partial charge < -0.3 is 30.1 Å². The number of hydrogen-bond donors (Lipinski definition) is 3. The predicted molar refractivity (Wildman–Crippen MR) is 124 cm³/mol. The molecule has 2 aromatic rings. The van der Waals surface area contributed by atoms with Crippen LogP contribution in [0.2, 0.25) is 0 Å². The van der Waals surface area contributed by atoms with Crippen LogP contribution in [0.3, 0.4) is 0 Å². The van der Waals surface area contributed by atoms with Crippen LogP contribution in [0.15, 0.2) is 48.5 Å². The summed E-state index contributed by atoms with van der Waals surface area (Å²) in [5, 5.41) is 14.6. The van der Waals surface area contributed by atoms with E-state index in [-0.39, 0.29) is 25.7 Å². The Morgan fingerprint density at radius 1 is 1.09 bits per heavy atom. The first-order valence-corrected chi connectivity index (χ1v) is 11.3. The first-order valence-electron chi connectivity index (χ1n) is 11.3. The van der Waals surface area contributed by atoms with Gasteiger partial charge in [0.05, 0.1) is 6.04 Å². The average molecular weight is 468 g/mol. The highest BCUT2D eigenvalue weighted by Gasteiger charge is 2.38. The maximum atomic E-state index is 12.7. The Balaban J connectivity index is 1.36. The van der Waals surface area contributed by atoms with Crippen molar-refractivity contribution in [2.75, 3.05) is 33.9 Å². The van der Waals surface area contributed by atoms with Crippen molar-refractivity contribution in [1.29, 1.82) is 0 Å². The minimum Gasteiger partial charge on any atom is -0.480 e. The van der Waals surface area contributed by atoms with Crippen molar-refractivity contribution in [2.24, 2.45) is 0 Å². The van der Waals surface area contributed by atoms with Crippen LogP contribution in [0.1, 0.15) is 23.5 Å². The van der Waals surface area contributed by atoms with Crippen molar-refractivity contribution in [3.63, 3.8) is 0 Å². The molecule has 0 saturated carbocycles. The minimum absolute atomic E-state index is 0.0700. The largest absolute Gasteiger partial charge is 0.480 e. The van der Waals surface area contributed by atoms with Gasteiger partial charge in [-0.3, -0.25) is 4.79 Å². The number of aliphatic carboxylic acids is 1. The fraction of sp³-hybridized carbons (Fsp3) is 0.400. The number of amides is 2. The molecule has 1 heterocycles. The van der Waals surface area contributed by atoms with Gasteiger partial charge in [0.25, 0.3) is 5.91 Å². The van der Waals surface area contributed by atoms with Crippen molar-refractivity contribution >= 4 is 18.0 Å². The summed E-state index contributed by atoms with van der Waals surface area (Å²) in [6.07, 6.45) is -1.20. The average Bonchev–Trinajstić information content (AvgIpc) is 3.39. The summed E-state index contributed by atoms with van der Waals surface area (Å²) in [4.78, 5) is 38.4. The molecular formula is C25H29N3O6. The van der Waals surface area contributed by atoms with Crippen molar-refractivity contribution in [2.45, 2.75) is 30.5 Å². The lowest BCUT2D eigenvalue weighted by atomic mass is 9.98. The molecule has 4 rings (SSSR count). The van der Waals surface area contributed by atoms with E-state index in [0.717, 1.165) is 22.3 Å². The molecule has 0 aromatic heterocycles. The fourth-order valence-electron chi connectivity index (χ4n) is 4.59. The molecule has 1 fully saturated rings. The van der Waals surface area contributed by atoms with Gasteiger partial charge in [-0.2, -0.15) is 0 Å². The number of likely N-dealkylation sites (N-methyl/N-ethyl adjacent to an activating group) is 1. The number of ether oxygens (including phenoxy) is 2. The van der Waals surface area contributed by atoms with Gasteiger partial charge in [-0.1, -0.05) is 48.5 Å². The number of nitrogens with zero attached hydrogens (tertiary/aromatic N) is 1. The van der Waals surface area contributed by atoms with Gasteiger partial charge in [0.2, 0.25) is 0 Å². The summed E-state index contributed by atoms with van der Waals surface area (Å²) in [6.45, 7) is 0.574. The van der Waals surface area contributed by atoms with Crippen molar-refractivity contribution in [3.05, 3.63) is 59.7 Å². The van der Waals surface area contributed by atoms with Crippen molar-refractivity contribution in [3.8, 4) is 11.1 Å². The van der Waals surface area contributed by atoms with Crippen molar-refractivity contribution in [1.82, 2.24) is 15.5 Å². The smallest absolute Gasteiger partial charge is 0.407 e. The Kier molecular flexibility index (Phi) is 7.14. The van der Waals surface area contributed by atoms with E-state index in [1.165, 1.54) is 0 Å². The number of alkyl carbamates (subject to hydrolysis) is 1. The van der Waals surface area contributed by atoms with Crippen LogP contribution in [0.5, 0.6) is 0 Å². The monoisotopic (exact) mass is 467 g/mol. The van der Waals surface area contributed by atoms with Gasteiger partial charge in [0, 0.05) is 19.1 Å². The first-order chi connectivity index (χ1) is 16.3. The summed E-state index contributed by atoms with van der Waals surface area (Å²) in [5.74, 6) is -1.78. The Morgan fingerprint density at radius 2 is 1.71 bits per heavy atom. The molecule has 1 aliphatic heterocycles. The molecule has 9 nitrogen and oxygen atoms in total. The second-order valence-corrected chi connectivity index (χ2v) is 8.82. The minimum atomic E-state index is -1.14. The van der Waals surface area contributed by atoms with E-state index >= 15 is 0 Å². The topological polar surface area (TPSA) is 117 Å². The summed E-state index contributed by atoms with van der Waals surface area (Å²) < 4.78 is 11.1. The molecule has 3 N–H and O–H groups in total. The molecule has 180 valence electrons. The second-order valence-electron chi connectivity index (χ2n) is 8.82. The molecular weight excluding hydrogens is 438 g/mol. The summed E-state index contributed by atoms with van der Waals surface area (Å²) >= 11 is 0. The molecule has 2 aromatic carbocycles. The van der Waals surface area contributed by atoms with E-state index in [1.807, 2.05) is 36.4 Å². The lowest BCUT2D eigenvalue weighted by Gasteiger charge is -2.23.